The Balaban J connectivity index is 1.31. The summed E-state index contributed by atoms with van der Waals surface area (Å²) in [6.07, 6.45) is 2.86. The van der Waals surface area contributed by atoms with Crippen LogP contribution in [0.1, 0.15) is 22.3 Å². The van der Waals surface area contributed by atoms with Crippen molar-refractivity contribution in [2.24, 2.45) is 0 Å². The molecule has 4 rings (SSSR count). The molecule has 0 atom stereocenters. The van der Waals surface area contributed by atoms with Gasteiger partial charge in [0, 0.05) is 31.3 Å². The lowest BCUT2D eigenvalue weighted by atomic mass is 9.98. The van der Waals surface area contributed by atoms with Crippen LogP contribution in [-0.2, 0) is 4.74 Å². The Hall–Kier alpha value is -2.83. The number of carbonyl (C=O) groups is 1. The zero-order valence-electron chi connectivity index (χ0n) is 17.3. The van der Waals surface area contributed by atoms with E-state index in [-0.39, 0.29) is 12.4 Å². The average Bonchev–Trinajstić information content (AvgIpc) is 2.80. The molecular formula is C24H27NO5. The molecule has 0 amide bonds. The number of nitrogens with zero attached hydrogens (tertiary/aromatic N) is 1. The molecule has 0 saturated carbocycles. The summed E-state index contributed by atoms with van der Waals surface area (Å²) in [5.41, 5.74) is 2.14. The topological polar surface area (TPSA) is 57.2 Å². The van der Waals surface area contributed by atoms with Crippen LogP contribution in [0, 0.1) is 0 Å². The molecule has 2 aromatic rings. The van der Waals surface area contributed by atoms with Crippen molar-refractivity contribution < 1.29 is 23.7 Å². The van der Waals surface area contributed by atoms with E-state index in [1.165, 1.54) is 0 Å². The minimum atomic E-state index is -0.0117. The van der Waals surface area contributed by atoms with Crippen LogP contribution in [0.15, 0.2) is 48.0 Å². The van der Waals surface area contributed by atoms with Crippen molar-refractivity contribution in [2.45, 2.75) is 6.42 Å². The molecule has 2 aliphatic heterocycles. The van der Waals surface area contributed by atoms with Crippen molar-refractivity contribution >= 4 is 11.9 Å². The van der Waals surface area contributed by atoms with E-state index in [0.717, 1.165) is 50.6 Å². The molecule has 0 N–H and O–H groups in total. The fraction of sp³-hybridized carbons (Fsp3) is 0.375. The summed E-state index contributed by atoms with van der Waals surface area (Å²) in [5, 5.41) is 0. The maximum atomic E-state index is 12.8. The fourth-order valence-corrected chi connectivity index (χ4v) is 3.60. The molecule has 6 heteroatoms. The van der Waals surface area contributed by atoms with Crippen molar-refractivity contribution in [1.82, 2.24) is 4.90 Å². The Labute approximate surface area is 177 Å². The maximum Gasteiger partial charge on any atom is 0.196 e. The highest BCUT2D eigenvalue weighted by Gasteiger charge is 2.23. The number of morpholine rings is 1. The van der Waals surface area contributed by atoms with Gasteiger partial charge in [0.25, 0.3) is 0 Å². The molecule has 2 heterocycles. The van der Waals surface area contributed by atoms with Crippen molar-refractivity contribution in [3.05, 3.63) is 59.2 Å². The van der Waals surface area contributed by atoms with Crippen LogP contribution in [0.4, 0.5) is 0 Å². The van der Waals surface area contributed by atoms with Gasteiger partial charge in [0.05, 0.1) is 32.5 Å². The third-order valence-corrected chi connectivity index (χ3v) is 5.32. The predicted octanol–water partition coefficient (Wildman–Crippen LogP) is 3.46. The second-order valence-electron chi connectivity index (χ2n) is 7.37. The number of hydrogen-bond donors (Lipinski definition) is 0. The summed E-state index contributed by atoms with van der Waals surface area (Å²) in [6, 6.07) is 13.1. The van der Waals surface area contributed by atoms with Crippen LogP contribution in [0.25, 0.3) is 6.08 Å². The summed E-state index contributed by atoms with van der Waals surface area (Å²) < 4.78 is 22.2. The number of ether oxygens (including phenoxy) is 4. The number of Topliss-reactive ketones (excluding diaryl/α,β-unsaturated/α-hetero) is 1. The second-order valence-corrected chi connectivity index (χ2v) is 7.37. The number of methoxy groups -OCH3 is 1. The summed E-state index contributed by atoms with van der Waals surface area (Å²) in [5.74, 6) is 2.07. The van der Waals surface area contributed by atoms with E-state index in [1.54, 1.807) is 25.3 Å². The van der Waals surface area contributed by atoms with Gasteiger partial charge in [0.1, 0.15) is 23.9 Å². The first-order valence-corrected chi connectivity index (χ1v) is 10.3. The smallest absolute Gasteiger partial charge is 0.196 e. The summed E-state index contributed by atoms with van der Waals surface area (Å²) in [6.45, 7) is 5.62. The molecule has 2 aromatic carbocycles. The van der Waals surface area contributed by atoms with Gasteiger partial charge in [-0.15, -0.1) is 0 Å². The molecule has 0 bridgehead atoms. The highest BCUT2D eigenvalue weighted by Crippen LogP contribution is 2.31. The van der Waals surface area contributed by atoms with Crippen LogP contribution in [0.2, 0.25) is 0 Å². The van der Waals surface area contributed by atoms with E-state index in [4.69, 9.17) is 18.9 Å². The largest absolute Gasteiger partial charge is 0.497 e. The lowest BCUT2D eigenvalue weighted by Gasteiger charge is -2.26. The molecule has 2 aliphatic rings. The highest BCUT2D eigenvalue weighted by molar-refractivity contribution is 6.14. The van der Waals surface area contributed by atoms with Crippen LogP contribution in [0.3, 0.4) is 0 Å². The second kappa shape index (κ2) is 9.78. The molecule has 1 saturated heterocycles. The van der Waals surface area contributed by atoms with E-state index in [1.807, 2.05) is 30.3 Å². The Morgan fingerprint density at radius 1 is 1.07 bits per heavy atom. The summed E-state index contributed by atoms with van der Waals surface area (Å²) in [4.78, 5) is 15.2. The van der Waals surface area contributed by atoms with Gasteiger partial charge in [0.2, 0.25) is 0 Å². The zero-order valence-corrected chi connectivity index (χ0v) is 17.3. The zero-order chi connectivity index (χ0) is 20.8. The van der Waals surface area contributed by atoms with Gasteiger partial charge < -0.3 is 18.9 Å². The van der Waals surface area contributed by atoms with Crippen LogP contribution >= 0.6 is 0 Å². The van der Waals surface area contributed by atoms with Gasteiger partial charge in [0.15, 0.2) is 5.78 Å². The first-order chi connectivity index (χ1) is 14.7. The molecule has 0 aliphatic carbocycles. The lowest BCUT2D eigenvalue weighted by molar-refractivity contribution is 0.0358. The van der Waals surface area contributed by atoms with Crippen LogP contribution in [-0.4, -0.2) is 63.9 Å². The quantitative estimate of drug-likeness (QED) is 0.516. The van der Waals surface area contributed by atoms with E-state index in [0.29, 0.717) is 29.2 Å². The Morgan fingerprint density at radius 3 is 2.60 bits per heavy atom. The molecule has 0 unspecified atom stereocenters. The van der Waals surface area contributed by atoms with Crippen LogP contribution < -0.4 is 14.2 Å². The lowest BCUT2D eigenvalue weighted by Crippen LogP contribution is -2.37. The molecule has 30 heavy (non-hydrogen) atoms. The Morgan fingerprint density at radius 2 is 1.83 bits per heavy atom. The first-order valence-electron chi connectivity index (χ1n) is 10.3. The average molecular weight is 409 g/mol. The minimum Gasteiger partial charge on any atom is -0.497 e. The Bertz CT molecular complexity index is 900. The van der Waals surface area contributed by atoms with Gasteiger partial charge in [-0.3, -0.25) is 9.69 Å². The first kappa shape index (κ1) is 20.4. The molecule has 1 fully saturated rings. The van der Waals surface area contributed by atoms with Gasteiger partial charge in [-0.2, -0.15) is 0 Å². The van der Waals surface area contributed by atoms with Crippen molar-refractivity contribution in [2.75, 3.05) is 53.2 Å². The number of benzene rings is 2. The van der Waals surface area contributed by atoms with E-state index >= 15 is 0 Å². The van der Waals surface area contributed by atoms with E-state index < -0.39 is 0 Å². The van der Waals surface area contributed by atoms with Gasteiger partial charge in [-0.05, 0) is 42.3 Å². The van der Waals surface area contributed by atoms with Gasteiger partial charge in [-0.25, -0.2) is 0 Å². The van der Waals surface area contributed by atoms with E-state index in [9.17, 15) is 4.79 Å². The van der Waals surface area contributed by atoms with Gasteiger partial charge >= 0.3 is 0 Å². The third-order valence-electron chi connectivity index (χ3n) is 5.32. The minimum absolute atomic E-state index is 0.0117. The molecule has 0 radical (unpaired) electrons. The number of fused-ring (bicyclic) bond motifs is 1. The standard InChI is InChI=1S/C24H27NO5/c1-27-21-7-8-22-23(16-21)30-17-19(24(22)26)15-18-3-5-20(6-4-18)29-12-2-9-25-10-13-28-14-11-25/h3-8,15-16H,2,9-14,17H2,1H3. The molecule has 0 aromatic heterocycles. The highest BCUT2D eigenvalue weighted by atomic mass is 16.5. The van der Waals surface area contributed by atoms with Gasteiger partial charge in [-0.1, -0.05) is 12.1 Å². The van der Waals surface area contributed by atoms with Crippen molar-refractivity contribution in [1.29, 1.82) is 0 Å². The number of carbonyl (C=O) groups excluding carboxylic acids is 1. The fourth-order valence-electron chi connectivity index (χ4n) is 3.60. The molecule has 158 valence electrons. The Kier molecular flexibility index (Phi) is 6.67. The third kappa shape index (κ3) is 5.01. The monoisotopic (exact) mass is 409 g/mol. The van der Waals surface area contributed by atoms with Crippen molar-refractivity contribution in [3.8, 4) is 17.2 Å². The van der Waals surface area contributed by atoms with Crippen molar-refractivity contribution in [3.63, 3.8) is 0 Å². The maximum absolute atomic E-state index is 12.8. The molecular weight excluding hydrogens is 382 g/mol. The van der Waals surface area contributed by atoms with E-state index in [2.05, 4.69) is 4.90 Å². The van der Waals surface area contributed by atoms with Crippen LogP contribution in [0.5, 0.6) is 17.2 Å². The number of hydrogen-bond acceptors (Lipinski definition) is 6. The SMILES string of the molecule is COc1ccc2c(c1)OCC(=Cc1ccc(OCCCN3CCOCC3)cc1)C2=O. The number of ketones is 1. The number of rotatable bonds is 7. The molecule has 6 nitrogen and oxygen atoms in total. The predicted molar refractivity (Wildman–Crippen MR) is 115 cm³/mol. The molecule has 0 spiro atoms. The summed E-state index contributed by atoms with van der Waals surface area (Å²) in [7, 11) is 1.59. The normalized spacial score (nSPS) is 18.0. The summed E-state index contributed by atoms with van der Waals surface area (Å²) >= 11 is 0.